The first-order valence-electron chi connectivity index (χ1n) is 6.76. The molecule has 0 amide bonds. The van der Waals surface area contributed by atoms with Crippen LogP contribution in [0.1, 0.15) is 37.4 Å². The fraction of sp³-hybridized carbons (Fsp3) is 0.538. The van der Waals surface area contributed by atoms with E-state index in [0.717, 1.165) is 25.7 Å². The van der Waals surface area contributed by atoms with Gasteiger partial charge in [0.1, 0.15) is 11.9 Å². The van der Waals surface area contributed by atoms with Gasteiger partial charge < -0.3 is 9.47 Å². The van der Waals surface area contributed by atoms with E-state index in [1.807, 2.05) is 0 Å². The summed E-state index contributed by atoms with van der Waals surface area (Å²) >= 11 is 6.19. The average molecular weight is 334 g/mol. The molecule has 116 valence electrons. The van der Waals surface area contributed by atoms with Gasteiger partial charge in [0.05, 0.1) is 5.02 Å². The van der Waals surface area contributed by atoms with E-state index in [4.69, 9.17) is 25.6 Å². The highest BCUT2D eigenvalue weighted by Gasteiger charge is 2.45. The minimum atomic E-state index is -4.28. The maximum absolute atomic E-state index is 10.9. The second-order valence-corrected chi connectivity index (χ2v) is 6.95. The van der Waals surface area contributed by atoms with E-state index in [0.29, 0.717) is 16.3 Å². The van der Waals surface area contributed by atoms with Crippen LogP contribution in [0.15, 0.2) is 18.2 Å². The lowest BCUT2D eigenvalue weighted by Crippen LogP contribution is -2.44. The van der Waals surface area contributed by atoms with E-state index in [2.05, 4.69) is 4.72 Å². The van der Waals surface area contributed by atoms with E-state index in [1.54, 1.807) is 18.2 Å². The topological polar surface area (TPSA) is 84.9 Å². The number of benzene rings is 1. The summed E-state index contributed by atoms with van der Waals surface area (Å²) < 4.78 is 44.7. The van der Waals surface area contributed by atoms with Crippen molar-refractivity contribution in [3.63, 3.8) is 0 Å². The Balaban J connectivity index is 1.93. The zero-order chi connectivity index (χ0) is 15.1. The number of ether oxygens (including phenoxy) is 2. The molecule has 1 atom stereocenters. The van der Waals surface area contributed by atoms with Crippen molar-refractivity contribution in [1.29, 1.82) is 0 Å². The third-order valence-electron chi connectivity index (χ3n) is 3.81. The fourth-order valence-electron chi connectivity index (χ4n) is 2.89. The summed E-state index contributed by atoms with van der Waals surface area (Å²) in [4.78, 5) is 0. The summed E-state index contributed by atoms with van der Waals surface area (Å²) in [6.07, 6.45) is 2.89. The van der Waals surface area contributed by atoms with E-state index in [-0.39, 0.29) is 6.54 Å². The van der Waals surface area contributed by atoms with Crippen molar-refractivity contribution in [2.24, 2.45) is 0 Å². The predicted molar refractivity (Wildman–Crippen MR) is 76.7 cm³/mol. The largest absolute Gasteiger partial charge is 0.460 e. The highest BCUT2D eigenvalue weighted by Crippen LogP contribution is 2.48. The Morgan fingerprint density at radius 3 is 2.76 bits per heavy atom. The summed E-state index contributed by atoms with van der Waals surface area (Å²) in [5.41, 5.74) is 0.677. The van der Waals surface area contributed by atoms with Gasteiger partial charge in [-0.3, -0.25) is 4.55 Å². The van der Waals surface area contributed by atoms with Gasteiger partial charge in [0, 0.05) is 24.9 Å². The van der Waals surface area contributed by atoms with Crippen molar-refractivity contribution in [3.05, 3.63) is 28.8 Å². The summed E-state index contributed by atoms with van der Waals surface area (Å²) in [5, 5.41) is 0.471. The van der Waals surface area contributed by atoms with Gasteiger partial charge in [-0.1, -0.05) is 23.7 Å². The van der Waals surface area contributed by atoms with Gasteiger partial charge in [-0.2, -0.15) is 13.1 Å². The molecule has 0 aromatic heterocycles. The molecule has 1 aliphatic heterocycles. The maximum atomic E-state index is 10.9. The second kappa shape index (κ2) is 5.40. The fourth-order valence-corrected chi connectivity index (χ4v) is 3.47. The first-order valence-corrected chi connectivity index (χ1v) is 8.58. The van der Waals surface area contributed by atoms with Crippen molar-refractivity contribution in [3.8, 4) is 5.75 Å². The average Bonchev–Trinajstić information content (AvgIpc) is 2.85. The molecule has 1 unspecified atom stereocenters. The van der Waals surface area contributed by atoms with Crippen LogP contribution >= 0.6 is 11.6 Å². The van der Waals surface area contributed by atoms with E-state index < -0.39 is 22.2 Å². The lowest BCUT2D eigenvalue weighted by atomic mass is 10.0. The molecule has 21 heavy (non-hydrogen) atoms. The Kier molecular flexibility index (Phi) is 3.87. The molecule has 3 rings (SSSR count). The van der Waals surface area contributed by atoms with Gasteiger partial charge in [0.25, 0.3) is 0 Å². The van der Waals surface area contributed by atoms with Crippen LogP contribution in [-0.4, -0.2) is 25.3 Å². The number of para-hydroxylation sites is 1. The predicted octanol–water partition coefficient (Wildman–Crippen LogP) is 2.45. The molecule has 0 saturated heterocycles. The van der Waals surface area contributed by atoms with Crippen LogP contribution in [0.3, 0.4) is 0 Å². The third-order valence-corrected chi connectivity index (χ3v) is 4.64. The third kappa shape index (κ3) is 3.17. The maximum Gasteiger partial charge on any atom is 0.333 e. The van der Waals surface area contributed by atoms with Crippen LogP contribution in [0, 0.1) is 0 Å². The Labute approximate surface area is 128 Å². The molecule has 0 radical (unpaired) electrons. The van der Waals surface area contributed by atoms with Crippen LogP contribution in [0.2, 0.25) is 5.02 Å². The Hall–Kier alpha value is -0.860. The Morgan fingerprint density at radius 1 is 1.38 bits per heavy atom. The smallest absolute Gasteiger partial charge is 0.333 e. The lowest BCUT2D eigenvalue weighted by Gasteiger charge is -2.40. The SMILES string of the molecule is O=S(=O)(O)NCC1OC2(CCCC2)Oc2c(Cl)cccc21. The second-order valence-electron chi connectivity index (χ2n) is 5.31. The zero-order valence-corrected chi connectivity index (χ0v) is 12.8. The van der Waals surface area contributed by atoms with Crippen LogP contribution in [0.25, 0.3) is 0 Å². The van der Waals surface area contributed by atoms with Gasteiger partial charge in [0.15, 0.2) is 0 Å². The molecule has 1 heterocycles. The van der Waals surface area contributed by atoms with Crippen LogP contribution < -0.4 is 9.46 Å². The number of hydrogen-bond donors (Lipinski definition) is 2. The first-order chi connectivity index (χ1) is 9.89. The minimum absolute atomic E-state index is 0.0721. The molecule has 1 saturated carbocycles. The van der Waals surface area contributed by atoms with Crippen molar-refractivity contribution in [1.82, 2.24) is 4.72 Å². The highest BCUT2D eigenvalue weighted by molar-refractivity contribution is 7.83. The first kappa shape index (κ1) is 15.1. The molecule has 1 aromatic carbocycles. The quantitative estimate of drug-likeness (QED) is 0.830. The molecule has 1 aliphatic carbocycles. The Morgan fingerprint density at radius 2 is 2.10 bits per heavy atom. The monoisotopic (exact) mass is 333 g/mol. The van der Waals surface area contributed by atoms with Crippen LogP contribution in [-0.2, 0) is 15.0 Å². The van der Waals surface area contributed by atoms with E-state index in [9.17, 15) is 8.42 Å². The van der Waals surface area contributed by atoms with E-state index in [1.165, 1.54) is 0 Å². The molecule has 2 aliphatic rings. The van der Waals surface area contributed by atoms with Crippen molar-refractivity contribution < 1.29 is 22.4 Å². The molecular formula is C13H16ClNO5S. The van der Waals surface area contributed by atoms with Crippen molar-refractivity contribution >= 4 is 21.9 Å². The molecular weight excluding hydrogens is 318 g/mol. The van der Waals surface area contributed by atoms with Gasteiger partial charge >= 0.3 is 10.3 Å². The molecule has 2 N–H and O–H groups in total. The molecule has 6 nitrogen and oxygen atoms in total. The van der Waals surface area contributed by atoms with Gasteiger partial charge in [-0.25, -0.2) is 0 Å². The van der Waals surface area contributed by atoms with Crippen LogP contribution in [0.4, 0.5) is 0 Å². The number of halogens is 1. The van der Waals surface area contributed by atoms with Crippen molar-refractivity contribution in [2.75, 3.05) is 6.54 Å². The van der Waals surface area contributed by atoms with Gasteiger partial charge in [-0.05, 0) is 18.9 Å². The molecule has 1 spiro atoms. The van der Waals surface area contributed by atoms with E-state index >= 15 is 0 Å². The van der Waals surface area contributed by atoms with Crippen molar-refractivity contribution in [2.45, 2.75) is 37.6 Å². The number of rotatable bonds is 3. The van der Waals surface area contributed by atoms with Gasteiger partial charge in [0.2, 0.25) is 5.79 Å². The van der Waals surface area contributed by atoms with Gasteiger partial charge in [-0.15, -0.1) is 0 Å². The summed E-state index contributed by atoms with van der Waals surface area (Å²) in [7, 11) is -4.28. The molecule has 1 aromatic rings. The number of nitrogens with one attached hydrogen (secondary N) is 1. The molecule has 0 bridgehead atoms. The Bertz CT molecular complexity index is 642. The zero-order valence-electron chi connectivity index (χ0n) is 11.2. The molecule has 8 heteroatoms. The number of fused-ring (bicyclic) bond motifs is 1. The minimum Gasteiger partial charge on any atom is -0.460 e. The number of hydrogen-bond acceptors (Lipinski definition) is 4. The summed E-state index contributed by atoms with van der Waals surface area (Å²) in [5.74, 6) is -0.210. The molecule has 1 fully saturated rings. The summed E-state index contributed by atoms with van der Waals surface area (Å²) in [6.45, 7) is -0.0721. The normalized spacial score (nSPS) is 23.8. The summed E-state index contributed by atoms with van der Waals surface area (Å²) in [6, 6.07) is 5.25. The van der Waals surface area contributed by atoms with Crippen LogP contribution in [0.5, 0.6) is 5.75 Å². The highest BCUT2D eigenvalue weighted by atomic mass is 35.5. The standard InChI is InChI=1S/C13H16ClNO5S/c14-10-5-3-4-9-11(8-15-21(16,17)18)19-13(20-12(9)10)6-1-2-7-13/h3-5,11,15H,1-2,6-8H2,(H,16,17,18). The lowest BCUT2D eigenvalue weighted by molar-refractivity contribution is -0.223.